The molecule has 82 valence electrons. The summed E-state index contributed by atoms with van der Waals surface area (Å²) in [4.78, 5) is 2.09. The summed E-state index contributed by atoms with van der Waals surface area (Å²) in [5, 5.41) is 9.56. The van der Waals surface area contributed by atoms with Gasteiger partial charge in [-0.2, -0.15) is 0 Å². The van der Waals surface area contributed by atoms with Gasteiger partial charge in [0, 0.05) is 30.5 Å². The Morgan fingerprint density at radius 1 is 1.40 bits per heavy atom. The van der Waals surface area contributed by atoms with E-state index in [9.17, 15) is 5.11 Å². The van der Waals surface area contributed by atoms with Gasteiger partial charge in [-0.1, -0.05) is 0 Å². The lowest BCUT2D eigenvalue weighted by Gasteiger charge is -2.18. The molecule has 0 spiro atoms. The molecule has 0 amide bonds. The Balaban J connectivity index is 2.20. The van der Waals surface area contributed by atoms with Gasteiger partial charge in [0.1, 0.15) is 0 Å². The molecule has 2 atom stereocenters. The molecule has 0 radical (unpaired) electrons. The van der Waals surface area contributed by atoms with E-state index in [2.05, 4.69) is 4.90 Å². The van der Waals surface area contributed by atoms with Crippen LogP contribution in [0.25, 0.3) is 0 Å². The van der Waals surface area contributed by atoms with E-state index in [1.807, 2.05) is 25.1 Å². The second-order valence-corrected chi connectivity index (χ2v) is 4.18. The third kappa shape index (κ3) is 1.91. The second kappa shape index (κ2) is 3.72. The topological polar surface area (TPSA) is 75.5 Å². The largest absolute Gasteiger partial charge is 0.399 e. The minimum absolute atomic E-state index is 0.150. The summed E-state index contributed by atoms with van der Waals surface area (Å²) in [6.45, 7) is 3.28. The lowest BCUT2D eigenvalue weighted by atomic mass is 10.2. The fourth-order valence-corrected chi connectivity index (χ4v) is 1.88. The van der Waals surface area contributed by atoms with Crippen molar-refractivity contribution in [1.82, 2.24) is 0 Å². The fourth-order valence-electron chi connectivity index (χ4n) is 1.88. The number of anilines is 2. The summed E-state index contributed by atoms with van der Waals surface area (Å²) in [5.74, 6) is 0. The zero-order chi connectivity index (χ0) is 11.0. The van der Waals surface area contributed by atoms with E-state index < -0.39 is 6.10 Å². The molecule has 2 unspecified atom stereocenters. The number of aryl methyl sites for hydroxylation is 1. The number of nitrogens with zero attached hydrogens (tertiary/aromatic N) is 1. The van der Waals surface area contributed by atoms with Crippen LogP contribution in [0.3, 0.4) is 0 Å². The maximum absolute atomic E-state index is 9.56. The summed E-state index contributed by atoms with van der Waals surface area (Å²) < 4.78 is 0. The van der Waals surface area contributed by atoms with Crippen molar-refractivity contribution in [3.63, 3.8) is 0 Å². The van der Waals surface area contributed by atoms with Crippen LogP contribution >= 0.6 is 0 Å². The van der Waals surface area contributed by atoms with E-state index >= 15 is 0 Å². The Kier molecular flexibility index (Phi) is 2.54. The van der Waals surface area contributed by atoms with Crippen molar-refractivity contribution in [1.29, 1.82) is 0 Å². The molecule has 4 nitrogen and oxygen atoms in total. The van der Waals surface area contributed by atoms with Crippen LogP contribution in [0.1, 0.15) is 5.56 Å². The Morgan fingerprint density at radius 3 is 2.67 bits per heavy atom. The maximum Gasteiger partial charge on any atom is 0.0882 e. The van der Waals surface area contributed by atoms with Gasteiger partial charge >= 0.3 is 0 Å². The average molecular weight is 207 g/mol. The number of nitrogen functional groups attached to an aromatic ring is 1. The highest BCUT2D eigenvalue weighted by Crippen LogP contribution is 2.23. The molecule has 1 fully saturated rings. The molecule has 0 bridgehead atoms. The zero-order valence-corrected chi connectivity index (χ0v) is 8.85. The van der Waals surface area contributed by atoms with Crippen LogP contribution in [0.15, 0.2) is 18.2 Å². The molecule has 1 aliphatic heterocycles. The number of β-amino-alcohol motifs (C(OH)–C–C–N with tert-alkyl or cyclic N) is 1. The van der Waals surface area contributed by atoms with E-state index in [0.717, 1.165) is 16.9 Å². The standard InChI is InChI=1S/C11H17N3O/c1-7-4-8(2-3-9(7)12)14-5-10(13)11(15)6-14/h2-4,10-11,15H,5-6,12-13H2,1H3. The maximum atomic E-state index is 9.56. The summed E-state index contributed by atoms with van der Waals surface area (Å²) in [5.41, 5.74) is 14.4. The minimum atomic E-state index is -0.428. The van der Waals surface area contributed by atoms with E-state index in [1.54, 1.807) is 0 Å². The molecule has 1 heterocycles. The van der Waals surface area contributed by atoms with Crippen molar-refractivity contribution in [2.24, 2.45) is 5.73 Å². The smallest absolute Gasteiger partial charge is 0.0882 e. The zero-order valence-electron chi connectivity index (χ0n) is 8.85. The van der Waals surface area contributed by atoms with Crippen LogP contribution in [0.4, 0.5) is 11.4 Å². The Hall–Kier alpha value is -1.26. The molecular weight excluding hydrogens is 190 g/mol. The third-order valence-electron chi connectivity index (χ3n) is 2.95. The third-order valence-corrected chi connectivity index (χ3v) is 2.95. The molecule has 15 heavy (non-hydrogen) atoms. The number of benzene rings is 1. The van der Waals surface area contributed by atoms with E-state index in [0.29, 0.717) is 13.1 Å². The molecule has 1 aliphatic rings. The fraction of sp³-hybridized carbons (Fsp3) is 0.455. The summed E-state index contributed by atoms with van der Waals surface area (Å²) in [6.07, 6.45) is -0.428. The summed E-state index contributed by atoms with van der Waals surface area (Å²) >= 11 is 0. The van der Waals surface area contributed by atoms with E-state index in [-0.39, 0.29) is 6.04 Å². The van der Waals surface area contributed by atoms with Crippen LogP contribution in [0.2, 0.25) is 0 Å². The Morgan fingerprint density at radius 2 is 2.13 bits per heavy atom. The van der Waals surface area contributed by atoms with Crippen molar-refractivity contribution >= 4 is 11.4 Å². The highest BCUT2D eigenvalue weighted by molar-refractivity contribution is 5.58. The first-order chi connectivity index (χ1) is 7.08. The van der Waals surface area contributed by atoms with Gasteiger partial charge in [0.05, 0.1) is 6.10 Å². The highest BCUT2D eigenvalue weighted by atomic mass is 16.3. The van der Waals surface area contributed by atoms with Crippen molar-refractivity contribution < 1.29 is 5.11 Å². The first-order valence-corrected chi connectivity index (χ1v) is 5.12. The molecule has 0 saturated carbocycles. The van der Waals surface area contributed by atoms with Crippen LogP contribution < -0.4 is 16.4 Å². The van der Waals surface area contributed by atoms with Crippen molar-refractivity contribution in [3.05, 3.63) is 23.8 Å². The Labute approximate surface area is 89.5 Å². The first-order valence-electron chi connectivity index (χ1n) is 5.12. The van der Waals surface area contributed by atoms with Crippen LogP contribution in [0.5, 0.6) is 0 Å². The van der Waals surface area contributed by atoms with Crippen LogP contribution in [0, 0.1) is 6.92 Å². The average Bonchev–Trinajstić information content (AvgIpc) is 2.52. The van der Waals surface area contributed by atoms with Gasteiger partial charge in [0.25, 0.3) is 0 Å². The number of nitrogens with two attached hydrogens (primary N) is 2. The summed E-state index contributed by atoms with van der Waals surface area (Å²) in [7, 11) is 0. The van der Waals surface area contributed by atoms with E-state index in [1.165, 1.54) is 0 Å². The molecule has 1 saturated heterocycles. The molecule has 0 aliphatic carbocycles. The van der Waals surface area contributed by atoms with Gasteiger partial charge in [-0.25, -0.2) is 0 Å². The van der Waals surface area contributed by atoms with Gasteiger partial charge in [0.2, 0.25) is 0 Å². The number of aliphatic hydroxyl groups is 1. The van der Waals surface area contributed by atoms with Crippen molar-refractivity contribution in [2.75, 3.05) is 23.7 Å². The number of aliphatic hydroxyl groups excluding tert-OH is 1. The summed E-state index contributed by atoms with van der Waals surface area (Å²) in [6, 6.07) is 5.73. The molecule has 4 heteroatoms. The van der Waals surface area contributed by atoms with Gasteiger partial charge in [-0.15, -0.1) is 0 Å². The van der Waals surface area contributed by atoms with Crippen molar-refractivity contribution in [2.45, 2.75) is 19.1 Å². The van der Waals surface area contributed by atoms with Gasteiger partial charge < -0.3 is 21.5 Å². The SMILES string of the molecule is Cc1cc(N2CC(N)C(O)C2)ccc1N. The predicted molar refractivity (Wildman–Crippen MR) is 61.8 cm³/mol. The lowest BCUT2D eigenvalue weighted by Crippen LogP contribution is -2.32. The number of hydrogen-bond acceptors (Lipinski definition) is 4. The predicted octanol–water partition coefficient (Wildman–Crippen LogP) is 0.0854. The number of rotatable bonds is 1. The van der Waals surface area contributed by atoms with Crippen molar-refractivity contribution in [3.8, 4) is 0 Å². The van der Waals surface area contributed by atoms with Gasteiger partial charge in [-0.3, -0.25) is 0 Å². The molecule has 0 aromatic heterocycles. The molecular formula is C11H17N3O. The second-order valence-electron chi connectivity index (χ2n) is 4.18. The quantitative estimate of drug-likeness (QED) is 0.570. The first kappa shape index (κ1) is 10.3. The van der Waals surface area contributed by atoms with Gasteiger partial charge in [0.15, 0.2) is 0 Å². The Bertz CT molecular complexity index is 357. The normalized spacial score (nSPS) is 25.9. The number of hydrogen-bond donors (Lipinski definition) is 3. The monoisotopic (exact) mass is 207 g/mol. The van der Waals surface area contributed by atoms with Crippen LogP contribution in [-0.4, -0.2) is 30.3 Å². The molecule has 2 rings (SSSR count). The van der Waals surface area contributed by atoms with Crippen LogP contribution in [-0.2, 0) is 0 Å². The van der Waals surface area contributed by atoms with E-state index in [4.69, 9.17) is 11.5 Å². The molecule has 1 aromatic carbocycles. The minimum Gasteiger partial charge on any atom is -0.399 e. The van der Waals surface area contributed by atoms with Gasteiger partial charge in [-0.05, 0) is 30.7 Å². The lowest BCUT2D eigenvalue weighted by molar-refractivity contribution is 0.180. The highest BCUT2D eigenvalue weighted by Gasteiger charge is 2.28. The molecule has 1 aromatic rings. The molecule has 5 N–H and O–H groups in total.